The SMILES string of the molecule is COc1cccc(-c2[nH]ncc2NC(=O)Nc2ccc3cccnc3c2)c1. The highest BCUT2D eigenvalue weighted by molar-refractivity contribution is 6.02. The highest BCUT2D eigenvalue weighted by Crippen LogP contribution is 2.28. The molecule has 0 aliphatic heterocycles. The molecule has 0 aliphatic rings. The van der Waals surface area contributed by atoms with Crippen LogP contribution in [-0.2, 0) is 0 Å². The molecule has 0 unspecified atom stereocenters. The lowest BCUT2D eigenvalue weighted by Crippen LogP contribution is -2.19. The number of carbonyl (C=O) groups is 1. The summed E-state index contributed by atoms with van der Waals surface area (Å²) in [5.41, 5.74) is 3.60. The molecule has 0 fully saturated rings. The third-order valence-corrected chi connectivity index (χ3v) is 4.11. The number of nitrogens with one attached hydrogen (secondary N) is 3. The summed E-state index contributed by atoms with van der Waals surface area (Å²) in [4.78, 5) is 16.7. The van der Waals surface area contributed by atoms with E-state index in [0.717, 1.165) is 22.2 Å². The first kappa shape index (κ1) is 16.6. The summed E-state index contributed by atoms with van der Waals surface area (Å²) < 4.78 is 5.25. The average Bonchev–Trinajstić information content (AvgIpc) is 3.16. The number of aromatic nitrogens is 3. The number of amides is 2. The van der Waals surface area contributed by atoms with Gasteiger partial charge < -0.3 is 15.4 Å². The van der Waals surface area contributed by atoms with Crippen molar-refractivity contribution in [3.8, 4) is 17.0 Å². The first-order chi connectivity index (χ1) is 13.2. The van der Waals surface area contributed by atoms with Crippen molar-refractivity contribution in [3.63, 3.8) is 0 Å². The Morgan fingerprint density at radius 3 is 2.89 bits per heavy atom. The number of pyridine rings is 1. The van der Waals surface area contributed by atoms with Crippen LogP contribution in [0.4, 0.5) is 16.2 Å². The number of fused-ring (bicyclic) bond motifs is 1. The number of anilines is 2. The summed E-state index contributed by atoms with van der Waals surface area (Å²) in [6.07, 6.45) is 3.29. The number of carbonyl (C=O) groups excluding carboxylic acids is 1. The molecule has 0 aliphatic carbocycles. The first-order valence-corrected chi connectivity index (χ1v) is 8.33. The van der Waals surface area contributed by atoms with Crippen molar-refractivity contribution in [2.24, 2.45) is 0 Å². The average molecular weight is 359 g/mol. The van der Waals surface area contributed by atoms with Gasteiger partial charge in [-0.2, -0.15) is 5.10 Å². The zero-order valence-electron chi connectivity index (χ0n) is 14.6. The Bertz CT molecular complexity index is 1110. The zero-order chi connectivity index (χ0) is 18.6. The maximum atomic E-state index is 12.4. The molecule has 7 nitrogen and oxygen atoms in total. The number of hydrogen-bond donors (Lipinski definition) is 3. The third-order valence-electron chi connectivity index (χ3n) is 4.11. The van der Waals surface area contributed by atoms with E-state index in [1.165, 1.54) is 0 Å². The Hall–Kier alpha value is -3.87. The van der Waals surface area contributed by atoms with Crippen molar-refractivity contribution < 1.29 is 9.53 Å². The van der Waals surface area contributed by atoms with Gasteiger partial charge in [-0.3, -0.25) is 10.1 Å². The molecule has 2 heterocycles. The largest absolute Gasteiger partial charge is 0.497 e. The normalized spacial score (nSPS) is 10.6. The molecule has 134 valence electrons. The zero-order valence-corrected chi connectivity index (χ0v) is 14.6. The van der Waals surface area contributed by atoms with Gasteiger partial charge in [0.2, 0.25) is 0 Å². The topological polar surface area (TPSA) is 91.9 Å². The fraction of sp³-hybridized carbons (Fsp3) is 0.0500. The van der Waals surface area contributed by atoms with E-state index in [9.17, 15) is 4.79 Å². The number of methoxy groups -OCH3 is 1. The summed E-state index contributed by atoms with van der Waals surface area (Å²) in [6.45, 7) is 0. The molecule has 27 heavy (non-hydrogen) atoms. The number of benzene rings is 2. The van der Waals surface area contributed by atoms with Crippen LogP contribution >= 0.6 is 0 Å². The van der Waals surface area contributed by atoms with Crippen molar-refractivity contribution in [1.82, 2.24) is 15.2 Å². The van der Waals surface area contributed by atoms with Crippen LogP contribution in [0.1, 0.15) is 0 Å². The lowest BCUT2D eigenvalue weighted by atomic mass is 10.1. The molecule has 0 spiro atoms. The summed E-state index contributed by atoms with van der Waals surface area (Å²) in [5, 5.41) is 13.6. The monoisotopic (exact) mass is 359 g/mol. The Labute approximate surface area is 155 Å². The molecule has 0 saturated heterocycles. The van der Waals surface area contributed by atoms with E-state index in [1.54, 1.807) is 19.5 Å². The van der Waals surface area contributed by atoms with Crippen molar-refractivity contribution in [2.45, 2.75) is 0 Å². The molecule has 0 radical (unpaired) electrons. The van der Waals surface area contributed by atoms with Crippen molar-refractivity contribution in [2.75, 3.05) is 17.7 Å². The lowest BCUT2D eigenvalue weighted by Gasteiger charge is -2.09. The van der Waals surface area contributed by atoms with Gasteiger partial charge in [0, 0.05) is 22.8 Å². The van der Waals surface area contributed by atoms with Gasteiger partial charge in [0.15, 0.2) is 0 Å². The Morgan fingerprint density at radius 2 is 2.00 bits per heavy atom. The number of nitrogens with zero attached hydrogens (tertiary/aromatic N) is 2. The summed E-state index contributed by atoms with van der Waals surface area (Å²) in [6, 6.07) is 16.6. The summed E-state index contributed by atoms with van der Waals surface area (Å²) in [5.74, 6) is 0.723. The van der Waals surface area contributed by atoms with E-state index in [4.69, 9.17) is 4.74 Å². The van der Waals surface area contributed by atoms with Crippen LogP contribution in [0.15, 0.2) is 67.0 Å². The van der Waals surface area contributed by atoms with Crippen molar-refractivity contribution >= 4 is 28.3 Å². The van der Waals surface area contributed by atoms with Gasteiger partial charge in [0.05, 0.1) is 30.2 Å². The molecular weight excluding hydrogens is 342 g/mol. The van der Waals surface area contributed by atoms with Gasteiger partial charge in [-0.25, -0.2) is 4.79 Å². The molecule has 4 aromatic rings. The van der Waals surface area contributed by atoms with Crippen LogP contribution in [-0.4, -0.2) is 28.3 Å². The second kappa shape index (κ2) is 7.17. The van der Waals surface area contributed by atoms with Gasteiger partial charge in [-0.05, 0) is 30.3 Å². The number of urea groups is 1. The van der Waals surface area contributed by atoms with Crippen LogP contribution < -0.4 is 15.4 Å². The van der Waals surface area contributed by atoms with E-state index in [-0.39, 0.29) is 6.03 Å². The minimum atomic E-state index is -0.365. The molecule has 0 bridgehead atoms. The number of ether oxygens (including phenoxy) is 1. The minimum Gasteiger partial charge on any atom is -0.497 e. The number of aromatic amines is 1. The van der Waals surface area contributed by atoms with E-state index in [1.807, 2.05) is 54.6 Å². The van der Waals surface area contributed by atoms with Gasteiger partial charge >= 0.3 is 6.03 Å². The van der Waals surface area contributed by atoms with Crippen LogP contribution in [0.5, 0.6) is 5.75 Å². The molecule has 4 rings (SSSR count). The maximum absolute atomic E-state index is 12.4. The predicted molar refractivity (Wildman–Crippen MR) is 105 cm³/mol. The standard InChI is InChI=1S/C20H17N5O2/c1-27-16-6-2-4-14(10-16)19-18(12-22-25-19)24-20(26)23-15-8-7-13-5-3-9-21-17(13)11-15/h2-12H,1H3,(H,22,25)(H2,23,24,26). The molecule has 7 heteroatoms. The van der Waals surface area contributed by atoms with Gasteiger partial charge in [0.25, 0.3) is 0 Å². The summed E-state index contributed by atoms with van der Waals surface area (Å²) >= 11 is 0. The molecule has 2 aromatic heterocycles. The quantitative estimate of drug-likeness (QED) is 0.507. The highest BCUT2D eigenvalue weighted by Gasteiger charge is 2.12. The van der Waals surface area contributed by atoms with Gasteiger partial charge in [0.1, 0.15) is 5.75 Å². The lowest BCUT2D eigenvalue weighted by molar-refractivity contribution is 0.262. The van der Waals surface area contributed by atoms with Crippen LogP contribution in [0.3, 0.4) is 0 Å². The second-order valence-corrected chi connectivity index (χ2v) is 5.88. The Balaban J connectivity index is 1.52. The first-order valence-electron chi connectivity index (χ1n) is 8.33. The predicted octanol–water partition coefficient (Wildman–Crippen LogP) is 4.28. The van der Waals surface area contributed by atoms with E-state index < -0.39 is 0 Å². The van der Waals surface area contributed by atoms with Crippen LogP contribution in [0.2, 0.25) is 0 Å². The molecule has 0 atom stereocenters. The Kier molecular flexibility index (Phi) is 4.40. The Morgan fingerprint density at radius 1 is 1.07 bits per heavy atom. The second-order valence-electron chi connectivity index (χ2n) is 5.88. The number of rotatable bonds is 4. The van der Waals surface area contributed by atoms with Crippen molar-refractivity contribution in [3.05, 3.63) is 67.0 Å². The highest BCUT2D eigenvalue weighted by atomic mass is 16.5. The maximum Gasteiger partial charge on any atom is 0.323 e. The molecular formula is C20H17N5O2. The van der Waals surface area contributed by atoms with Gasteiger partial charge in [-0.15, -0.1) is 0 Å². The fourth-order valence-corrected chi connectivity index (χ4v) is 2.81. The van der Waals surface area contributed by atoms with E-state index in [0.29, 0.717) is 17.1 Å². The van der Waals surface area contributed by atoms with E-state index >= 15 is 0 Å². The number of H-pyrrole nitrogens is 1. The van der Waals surface area contributed by atoms with E-state index in [2.05, 4.69) is 25.8 Å². The molecule has 0 saturated carbocycles. The molecule has 2 amide bonds. The summed E-state index contributed by atoms with van der Waals surface area (Å²) in [7, 11) is 1.61. The smallest absolute Gasteiger partial charge is 0.323 e. The molecule has 3 N–H and O–H groups in total. The number of hydrogen-bond acceptors (Lipinski definition) is 4. The third kappa shape index (κ3) is 3.57. The minimum absolute atomic E-state index is 0.365. The molecule has 2 aromatic carbocycles. The van der Waals surface area contributed by atoms with Gasteiger partial charge in [-0.1, -0.05) is 24.3 Å². The van der Waals surface area contributed by atoms with Crippen LogP contribution in [0.25, 0.3) is 22.2 Å². The van der Waals surface area contributed by atoms with Crippen molar-refractivity contribution in [1.29, 1.82) is 0 Å². The fourth-order valence-electron chi connectivity index (χ4n) is 2.81. The van der Waals surface area contributed by atoms with Crippen LogP contribution in [0, 0.1) is 0 Å².